The Morgan fingerprint density at radius 2 is 2.05 bits per heavy atom. The molecule has 0 aromatic carbocycles. The molecule has 5 nitrogen and oxygen atoms in total. The van der Waals surface area contributed by atoms with E-state index in [4.69, 9.17) is 0 Å². The van der Waals surface area contributed by atoms with Gasteiger partial charge in [0.2, 0.25) is 0 Å². The number of rotatable bonds is 7. The van der Waals surface area contributed by atoms with Crippen LogP contribution >= 0.6 is 0 Å². The molecule has 0 aromatic heterocycles. The molecular formula is C16H29N5. The van der Waals surface area contributed by atoms with Gasteiger partial charge in [-0.2, -0.15) is 5.10 Å². The molecule has 21 heavy (non-hydrogen) atoms. The fourth-order valence-corrected chi connectivity index (χ4v) is 1.81. The van der Waals surface area contributed by atoms with Gasteiger partial charge in [-0.15, -0.1) is 0 Å². The van der Waals surface area contributed by atoms with Gasteiger partial charge in [-0.05, 0) is 45.1 Å². The molecule has 0 saturated carbocycles. The molecule has 1 aliphatic rings. The molecule has 0 unspecified atom stereocenters. The molecule has 1 fully saturated rings. The first-order valence-corrected chi connectivity index (χ1v) is 7.67. The van der Waals surface area contributed by atoms with E-state index in [0.717, 1.165) is 38.2 Å². The lowest BCUT2D eigenvalue weighted by molar-refractivity contribution is 0.324. The summed E-state index contributed by atoms with van der Waals surface area (Å²) in [7, 11) is 0. The zero-order chi connectivity index (χ0) is 15.6. The molecule has 2 N–H and O–H groups in total. The van der Waals surface area contributed by atoms with E-state index in [1.54, 1.807) is 6.21 Å². The minimum atomic E-state index is -0.185. The van der Waals surface area contributed by atoms with Crippen LogP contribution in [0.3, 0.4) is 0 Å². The summed E-state index contributed by atoms with van der Waals surface area (Å²) in [5.41, 5.74) is 3.92. The van der Waals surface area contributed by atoms with Gasteiger partial charge in [0.25, 0.3) is 0 Å². The van der Waals surface area contributed by atoms with Crippen molar-refractivity contribution >= 4 is 12.4 Å². The Morgan fingerprint density at radius 3 is 2.71 bits per heavy atom. The summed E-state index contributed by atoms with van der Waals surface area (Å²) in [6.07, 6.45) is 10.6. The van der Waals surface area contributed by atoms with Gasteiger partial charge < -0.3 is 10.2 Å². The average Bonchev–Trinajstić information content (AvgIpc) is 2.49. The second-order valence-electron chi connectivity index (χ2n) is 5.64. The number of hydrazone groups is 1. The summed E-state index contributed by atoms with van der Waals surface area (Å²) in [6, 6.07) is 0. The Bertz CT molecular complexity index is 401. The molecule has 1 aliphatic heterocycles. The number of hydrogen-bond donors (Lipinski definition) is 2. The molecule has 0 aliphatic carbocycles. The lowest BCUT2D eigenvalue weighted by Gasteiger charge is -2.25. The molecule has 0 bridgehead atoms. The maximum atomic E-state index is 4.54. The van der Waals surface area contributed by atoms with Crippen molar-refractivity contribution in [3.8, 4) is 0 Å². The summed E-state index contributed by atoms with van der Waals surface area (Å²) in [5, 5.41) is 7.48. The predicted octanol–water partition coefficient (Wildman–Crippen LogP) is 2.14. The zero-order valence-electron chi connectivity index (χ0n) is 13.8. The van der Waals surface area contributed by atoms with Gasteiger partial charge in [0.05, 0.1) is 5.54 Å². The number of nitrogens with one attached hydrogen (secondary N) is 2. The number of allylic oxidation sites excluding steroid dienone is 1. The fourth-order valence-electron chi connectivity index (χ4n) is 1.81. The van der Waals surface area contributed by atoms with Crippen molar-refractivity contribution in [2.45, 2.75) is 39.7 Å². The van der Waals surface area contributed by atoms with Crippen LogP contribution < -0.4 is 10.7 Å². The third-order valence-electron chi connectivity index (χ3n) is 3.53. The first kappa shape index (κ1) is 17.4. The first-order valence-electron chi connectivity index (χ1n) is 7.67. The monoisotopic (exact) mass is 291 g/mol. The quantitative estimate of drug-likeness (QED) is 0.558. The van der Waals surface area contributed by atoms with Gasteiger partial charge >= 0.3 is 0 Å². The summed E-state index contributed by atoms with van der Waals surface area (Å²) in [5.74, 6) is 0. The van der Waals surface area contributed by atoms with Gasteiger partial charge in [-0.1, -0.05) is 6.92 Å². The van der Waals surface area contributed by atoms with Crippen molar-refractivity contribution in [3.05, 3.63) is 24.0 Å². The van der Waals surface area contributed by atoms with E-state index in [1.165, 1.54) is 0 Å². The Kier molecular flexibility index (Phi) is 7.75. The Labute approximate surface area is 128 Å². The molecule has 0 amide bonds. The summed E-state index contributed by atoms with van der Waals surface area (Å²) < 4.78 is 0. The lowest BCUT2D eigenvalue weighted by atomic mass is 9.97. The topological polar surface area (TPSA) is 52.0 Å². The minimum absolute atomic E-state index is 0.185. The highest BCUT2D eigenvalue weighted by atomic mass is 15.3. The van der Waals surface area contributed by atoms with Crippen LogP contribution in [-0.2, 0) is 0 Å². The van der Waals surface area contributed by atoms with E-state index >= 15 is 0 Å². The van der Waals surface area contributed by atoms with E-state index in [-0.39, 0.29) is 5.54 Å². The molecule has 1 rings (SSSR count). The predicted molar refractivity (Wildman–Crippen MR) is 91.8 cm³/mol. The van der Waals surface area contributed by atoms with Crippen LogP contribution in [0.2, 0.25) is 0 Å². The maximum absolute atomic E-state index is 4.54. The number of nitrogens with zero attached hydrogens (tertiary/aromatic N) is 3. The molecule has 1 heterocycles. The van der Waals surface area contributed by atoms with Crippen molar-refractivity contribution in [3.63, 3.8) is 0 Å². The van der Waals surface area contributed by atoms with Crippen molar-refractivity contribution in [2.24, 2.45) is 10.1 Å². The van der Waals surface area contributed by atoms with Crippen LogP contribution in [0.1, 0.15) is 34.1 Å². The maximum Gasteiger partial charge on any atom is 0.0771 e. The van der Waals surface area contributed by atoms with E-state index in [1.807, 2.05) is 18.5 Å². The van der Waals surface area contributed by atoms with Gasteiger partial charge in [-0.25, -0.2) is 0 Å². The third-order valence-corrected chi connectivity index (χ3v) is 3.53. The summed E-state index contributed by atoms with van der Waals surface area (Å²) >= 11 is 0. The lowest BCUT2D eigenvalue weighted by Crippen LogP contribution is -2.40. The Morgan fingerprint density at radius 1 is 1.33 bits per heavy atom. The van der Waals surface area contributed by atoms with Crippen LogP contribution in [-0.4, -0.2) is 49.0 Å². The fraction of sp³-hybridized carbons (Fsp3) is 0.625. The Balaban J connectivity index is 2.36. The standard InChI is InChI=1S/C16H29N5/c1-5-7-18-16(3,4)15(2)14-20-19-8-6-11-21-12-9-17-10-13-21/h6-8,11,14,17,20H,5,9-10,12-13H2,1-4H3/b11-6+,15-14+,18-7?,19-8-. The smallest absolute Gasteiger partial charge is 0.0771 e. The van der Waals surface area contributed by atoms with Gasteiger partial charge in [0, 0.05) is 44.8 Å². The first-order chi connectivity index (χ1) is 10.1. The number of hydrogen-bond acceptors (Lipinski definition) is 5. The molecular weight excluding hydrogens is 262 g/mol. The average molecular weight is 291 g/mol. The second-order valence-corrected chi connectivity index (χ2v) is 5.64. The van der Waals surface area contributed by atoms with E-state index in [2.05, 4.69) is 59.6 Å². The van der Waals surface area contributed by atoms with Crippen LogP contribution in [0.15, 0.2) is 34.1 Å². The highest BCUT2D eigenvalue weighted by Crippen LogP contribution is 2.18. The van der Waals surface area contributed by atoms with Gasteiger partial charge in [-0.3, -0.25) is 10.4 Å². The molecule has 1 saturated heterocycles. The third kappa shape index (κ3) is 7.09. The van der Waals surface area contributed by atoms with E-state index < -0.39 is 0 Å². The molecule has 0 radical (unpaired) electrons. The SMILES string of the molecule is CCC=NC(C)(C)/C(C)=C/N/N=C\C=C\N1CCNCC1. The van der Waals surface area contributed by atoms with Gasteiger partial charge in [0.1, 0.15) is 0 Å². The van der Waals surface area contributed by atoms with Crippen LogP contribution in [0.25, 0.3) is 0 Å². The molecule has 0 atom stereocenters. The van der Waals surface area contributed by atoms with Crippen molar-refractivity contribution in [2.75, 3.05) is 26.2 Å². The van der Waals surface area contributed by atoms with Crippen LogP contribution in [0.5, 0.6) is 0 Å². The van der Waals surface area contributed by atoms with Crippen molar-refractivity contribution < 1.29 is 0 Å². The largest absolute Gasteiger partial charge is 0.375 e. The number of piperazine rings is 1. The van der Waals surface area contributed by atoms with Crippen LogP contribution in [0.4, 0.5) is 0 Å². The van der Waals surface area contributed by atoms with Gasteiger partial charge in [0.15, 0.2) is 0 Å². The molecule has 118 valence electrons. The highest BCUT2D eigenvalue weighted by Gasteiger charge is 2.16. The zero-order valence-corrected chi connectivity index (χ0v) is 13.8. The highest BCUT2D eigenvalue weighted by molar-refractivity contribution is 5.70. The molecule has 0 aromatic rings. The molecule has 5 heteroatoms. The summed E-state index contributed by atoms with van der Waals surface area (Å²) in [4.78, 5) is 6.82. The van der Waals surface area contributed by atoms with E-state index in [0.29, 0.717) is 0 Å². The van der Waals surface area contributed by atoms with Crippen LogP contribution in [0, 0.1) is 0 Å². The second kappa shape index (κ2) is 9.34. The molecule has 0 spiro atoms. The Hall–Kier alpha value is -1.62. The minimum Gasteiger partial charge on any atom is -0.375 e. The summed E-state index contributed by atoms with van der Waals surface area (Å²) in [6.45, 7) is 12.6. The van der Waals surface area contributed by atoms with Crippen molar-refractivity contribution in [1.82, 2.24) is 15.6 Å². The normalized spacial score (nSPS) is 18.3. The number of aliphatic imine (C=N–C) groups is 1. The van der Waals surface area contributed by atoms with Crippen molar-refractivity contribution in [1.29, 1.82) is 0 Å². The van der Waals surface area contributed by atoms with E-state index in [9.17, 15) is 0 Å².